The highest BCUT2D eigenvalue weighted by molar-refractivity contribution is 7.17. The number of aromatic nitrogens is 2. The van der Waals surface area contributed by atoms with Crippen LogP contribution in [0, 0.1) is 0 Å². The molecule has 0 radical (unpaired) electrons. The van der Waals surface area contributed by atoms with Crippen molar-refractivity contribution >= 4 is 33.1 Å². The van der Waals surface area contributed by atoms with Crippen molar-refractivity contribution in [1.29, 1.82) is 0 Å². The number of rotatable bonds is 6. The number of fused-ring (bicyclic) bond motifs is 1. The van der Waals surface area contributed by atoms with Gasteiger partial charge in [0.05, 0.1) is 25.4 Å². The Balaban J connectivity index is 1.84. The lowest BCUT2D eigenvalue weighted by Gasteiger charge is -2.14. The summed E-state index contributed by atoms with van der Waals surface area (Å²) in [6.45, 7) is -0.248. The van der Waals surface area contributed by atoms with Gasteiger partial charge < -0.3 is 14.8 Å². The molecule has 1 N–H and O–H groups in total. The predicted octanol–water partition coefficient (Wildman–Crippen LogP) is 2.87. The Morgan fingerprint density at radius 1 is 1.00 bits per heavy atom. The summed E-state index contributed by atoms with van der Waals surface area (Å²) in [7, 11) is 2.96. The third-order valence-electron chi connectivity index (χ3n) is 4.71. The van der Waals surface area contributed by atoms with Crippen molar-refractivity contribution in [1.82, 2.24) is 9.13 Å². The molecule has 0 bridgehead atoms. The van der Waals surface area contributed by atoms with Crippen LogP contribution >= 0.6 is 11.3 Å². The lowest BCUT2D eigenvalue weighted by molar-refractivity contribution is -0.116. The molecule has 4 rings (SSSR count). The minimum absolute atomic E-state index is 0.248. The summed E-state index contributed by atoms with van der Waals surface area (Å²) < 4.78 is 13.2. The molecule has 158 valence electrons. The Morgan fingerprint density at radius 3 is 2.32 bits per heavy atom. The van der Waals surface area contributed by atoms with Crippen molar-refractivity contribution in [2.24, 2.45) is 0 Å². The molecular formula is C22H19N3O5S. The lowest BCUT2D eigenvalue weighted by Crippen LogP contribution is -2.40. The van der Waals surface area contributed by atoms with Gasteiger partial charge in [0.2, 0.25) is 5.91 Å². The fraction of sp³-hybridized carbons (Fsp3) is 0.136. The zero-order valence-corrected chi connectivity index (χ0v) is 17.6. The zero-order valence-electron chi connectivity index (χ0n) is 16.8. The number of carbonyl (C=O) groups excluding carboxylic acids is 1. The van der Waals surface area contributed by atoms with Crippen LogP contribution in [-0.4, -0.2) is 29.3 Å². The van der Waals surface area contributed by atoms with Gasteiger partial charge in [0.15, 0.2) is 0 Å². The number of nitrogens with one attached hydrogen (secondary N) is 1. The molecule has 0 aliphatic rings. The van der Waals surface area contributed by atoms with Gasteiger partial charge in [-0.15, -0.1) is 11.3 Å². The molecule has 0 fully saturated rings. The number of ether oxygens (including phenoxy) is 2. The Morgan fingerprint density at radius 2 is 1.68 bits per heavy atom. The highest BCUT2D eigenvalue weighted by Crippen LogP contribution is 2.24. The maximum absolute atomic E-state index is 13.4. The summed E-state index contributed by atoms with van der Waals surface area (Å²) in [4.78, 5) is 39.1. The Labute approximate surface area is 180 Å². The van der Waals surface area contributed by atoms with E-state index in [4.69, 9.17) is 9.47 Å². The van der Waals surface area contributed by atoms with Crippen LogP contribution in [-0.2, 0) is 11.3 Å². The van der Waals surface area contributed by atoms with E-state index in [-0.39, 0.29) is 12.5 Å². The fourth-order valence-corrected chi connectivity index (χ4v) is 4.08. The first kappa shape index (κ1) is 20.4. The Hall–Kier alpha value is -3.85. The van der Waals surface area contributed by atoms with E-state index in [9.17, 15) is 14.4 Å². The van der Waals surface area contributed by atoms with Crippen molar-refractivity contribution in [3.8, 4) is 17.2 Å². The minimum atomic E-state index is -0.630. The smallest absolute Gasteiger partial charge is 0.336 e. The molecule has 8 nitrogen and oxygen atoms in total. The van der Waals surface area contributed by atoms with E-state index in [1.165, 1.54) is 30.1 Å². The van der Waals surface area contributed by atoms with E-state index in [1.54, 1.807) is 53.9 Å². The van der Waals surface area contributed by atoms with Crippen LogP contribution in [0.15, 0.2) is 69.6 Å². The molecule has 2 aromatic carbocycles. The summed E-state index contributed by atoms with van der Waals surface area (Å²) in [5.41, 5.74) is 0.223. The molecule has 31 heavy (non-hydrogen) atoms. The third-order valence-corrected chi connectivity index (χ3v) is 5.60. The van der Waals surface area contributed by atoms with Gasteiger partial charge in [0.25, 0.3) is 5.56 Å². The summed E-state index contributed by atoms with van der Waals surface area (Å²) in [5, 5.41) is 4.48. The van der Waals surface area contributed by atoms with Gasteiger partial charge in [-0.25, -0.2) is 9.36 Å². The highest BCUT2D eigenvalue weighted by Gasteiger charge is 2.18. The average molecular weight is 437 g/mol. The van der Waals surface area contributed by atoms with Crippen LogP contribution in [0.25, 0.3) is 15.9 Å². The molecule has 1 amide bonds. The van der Waals surface area contributed by atoms with E-state index < -0.39 is 11.2 Å². The van der Waals surface area contributed by atoms with Gasteiger partial charge in [-0.3, -0.25) is 14.2 Å². The Kier molecular flexibility index (Phi) is 5.59. The molecule has 0 unspecified atom stereocenters. The maximum atomic E-state index is 13.4. The molecule has 2 heterocycles. The number of hydrogen-bond donors (Lipinski definition) is 1. The molecule has 0 saturated carbocycles. The lowest BCUT2D eigenvalue weighted by atomic mass is 10.2. The van der Waals surface area contributed by atoms with Gasteiger partial charge in [0.1, 0.15) is 22.7 Å². The molecule has 9 heteroatoms. The summed E-state index contributed by atoms with van der Waals surface area (Å²) >= 11 is 1.21. The fourth-order valence-electron chi connectivity index (χ4n) is 3.25. The molecular weight excluding hydrogens is 418 g/mol. The number of para-hydroxylation sites is 1. The van der Waals surface area contributed by atoms with Crippen molar-refractivity contribution in [3.63, 3.8) is 0 Å². The summed E-state index contributed by atoms with van der Waals surface area (Å²) in [5.74, 6) is 0.481. The second-order valence-electron chi connectivity index (χ2n) is 6.63. The van der Waals surface area contributed by atoms with Gasteiger partial charge in [-0.1, -0.05) is 18.2 Å². The maximum Gasteiger partial charge on any atom is 0.336 e. The Bertz CT molecular complexity index is 1350. The summed E-state index contributed by atoms with van der Waals surface area (Å²) in [6, 6.07) is 15.4. The monoisotopic (exact) mass is 437 g/mol. The van der Waals surface area contributed by atoms with E-state index in [1.807, 2.05) is 6.07 Å². The predicted molar refractivity (Wildman–Crippen MR) is 120 cm³/mol. The topological polar surface area (TPSA) is 91.6 Å². The average Bonchev–Trinajstić information content (AvgIpc) is 3.27. The second kappa shape index (κ2) is 8.49. The number of benzene rings is 2. The molecule has 0 atom stereocenters. The van der Waals surface area contributed by atoms with Gasteiger partial charge in [0, 0.05) is 23.9 Å². The third kappa shape index (κ3) is 3.95. The van der Waals surface area contributed by atoms with Crippen LogP contribution in [0.4, 0.5) is 5.69 Å². The van der Waals surface area contributed by atoms with Crippen LogP contribution in [0.5, 0.6) is 11.5 Å². The molecule has 0 saturated heterocycles. The highest BCUT2D eigenvalue weighted by atomic mass is 32.1. The quantitative estimate of drug-likeness (QED) is 0.501. The zero-order chi connectivity index (χ0) is 22.0. The number of thiophene rings is 1. The van der Waals surface area contributed by atoms with Crippen LogP contribution in [0.3, 0.4) is 0 Å². The SMILES string of the molecule is COc1cc(OC)cc(-n2c(=O)c3sccc3n(CC(=O)Nc3ccccc3)c2=O)c1. The molecule has 4 aromatic rings. The second-order valence-corrected chi connectivity index (χ2v) is 7.55. The van der Waals surface area contributed by atoms with Crippen LogP contribution < -0.4 is 26.0 Å². The van der Waals surface area contributed by atoms with E-state index in [0.717, 1.165) is 4.57 Å². The number of nitrogens with zero attached hydrogens (tertiary/aromatic N) is 2. The van der Waals surface area contributed by atoms with Crippen molar-refractivity contribution < 1.29 is 14.3 Å². The van der Waals surface area contributed by atoms with Gasteiger partial charge in [-0.05, 0) is 23.6 Å². The molecule has 0 aliphatic heterocycles. The number of amides is 1. The minimum Gasteiger partial charge on any atom is -0.497 e. The molecule has 0 aliphatic carbocycles. The van der Waals surface area contributed by atoms with Crippen molar-refractivity contribution in [3.05, 3.63) is 80.8 Å². The van der Waals surface area contributed by atoms with Crippen LogP contribution in [0.1, 0.15) is 0 Å². The van der Waals surface area contributed by atoms with Crippen molar-refractivity contribution in [2.45, 2.75) is 6.54 Å². The van der Waals surface area contributed by atoms with E-state index in [2.05, 4.69) is 5.32 Å². The normalized spacial score (nSPS) is 10.8. The van der Waals surface area contributed by atoms with E-state index >= 15 is 0 Å². The van der Waals surface area contributed by atoms with Gasteiger partial charge in [-0.2, -0.15) is 0 Å². The standard InChI is InChI=1S/C22H19N3O5S/c1-29-16-10-15(11-17(12-16)30-2)25-21(27)20-18(8-9-31-20)24(22(25)28)13-19(26)23-14-6-4-3-5-7-14/h3-12H,13H2,1-2H3,(H,23,26). The van der Waals surface area contributed by atoms with Gasteiger partial charge >= 0.3 is 5.69 Å². The number of methoxy groups -OCH3 is 2. The summed E-state index contributed by atoms with van der Waals surface area (Å²) in [6.07, 6.45) is 0. The molecule has 2 aromatic heterocycles. The van der Waals surface area contributed by atoms with Crippen LogP contribution in [0.2, 0.25) is 0 Å². The number of hydrogen-bond acceptors (Lipinski definition) is 6. The number of anilines is 1. The first-order valence-electron chi connectivity index (χ1n) is 9.33. The number of carbonyl (C=O) groups is 1. The molecule has 0 spiro atoms. The largest absolute Gasteiger partial charge is 0.497 e. The first-order chi connectivity index (χ1) is 15.0. The first-order valence-corrected chi connectivity index (χ1v) is 10.2. The van der Waals surface area contributed by atoms with E-state index in [0.29, 0.717) is 33.1 Å². The van der Waals surface area contributed by atoms with Crippen molar-refractivity contribution in [2.75, 3.05) is 19.5 Å².